The van der Waals surface area contributed by atoms with E-state index in [0.29, 0.717) is 12.8 Å². The number of nitrogens with one attached hydrogen (secondary N) is 1. The van der Waals surface area contributed by atoms with Crippen LogP contribution in [0.25, 0.3) is 0 Å². The van der Waals surface area contributed by atoms with Gasteiger partial charge in [-0.2, -0.15) is 5.90 Å². The van der Waals surface area contributed by atoms with E-state index in [1.807, 2.05) is 30.3 Å². The molecule has 0 saturated carbocycles. The van der Waals surface area contributed by atoms with Crippen molar-refractivity contribution in [1.29, 1.82) is 0 Å². The summed E-state index contributed by atoms with van der Waals surface area (Å²) in [6, 6.07) is 8.78. The van der Waals surface area contributed by atoms with Crippen LogP contribution in [0.1, 0.15) is 30.9 Å². The smallest absolute Gasteiger partial charge is 0.326 e. The summed E-state index contributed by atoms with van der Waals surface area (Å²) < 4.78 is 0. The van der Waals surface area contributed by atoms with E-state index in [1.165, 1.54) is 0 Å². The molecule has 1 amide bonds. The first-order chi connectivity index (χ1) is 9.17. The Morgan fingerprint density at radius 2 is 2.05 bits per heavy atom. The predicted molar refractivity (Wildman–Crippen MR) is 71.7 cm³/mol. The highest BCUT2D eigenvalue weighted by Gasteiger charge is 2.18. The number of amides is 1. The second kappa shape index (κ2) is 8.05. The molecule has 0 bridgehead atoms. The van der Waals surface area contributed by atoms with E-state index in [0.717, 1.165) is 5.56 Å². The van der Waals surface area contributed by atoms with Gasteiger partial charge in [0.25, 0.3) is 0 Å². The molecule has 5 heteroatoms. The molecule has 1 aromatic rings. The van der Waals surface area contributed by atoms with Crippen LogP contribution in [0, 0.1) is 0 Å². The minimum Gasteiger partial charge on any atom is -0.373 e. The van der Waals surface area contributed by atoms with E-state index in [-0.39, 0.29) is 12.3 Å². The summed E-state index contributed by atoms with van der Waals surface area (Å²) >= 11 is 0. The van der Waals surface area contributed by atoms with E-state index in [1.54, 1.807) is 6.08 Å². The minimum absolute atomic E-state index is 0.000340. The van der Waals surface area contributed by atoms with Crippen LogP contribution in [0.2, 0.25) is 0 Å². The van der Waals surface area contributed by atoms with Crippen LogP contribution < -0.4 is 11.2 Å². The zero-order chi connectivity index (χ0) is 14.1. The normalized spacial score (nSPS) is 11.4. The SMILES string of the molecule is C=CCCC(=O)N[C@@H](CC(=O)ON)c1ccccc1. The number of carbonyl (C=O) groups excluding carboxylic acids is 2. The largest absolute Gasteiger partial charge is 0.373 e. The van der Waals surface area contributed by atoms with Gasteiger partial charge in [-0.25, -0.2) is 0 Å². The fraction of sp³-hybridized carbons (Fsp3) is 0.286. The van der Waals surface area contributed by atoms with E-state index < -0.39 is 12.0 Å². The maximum absolute atomic E-state index is 11.7. The Morgan fingerprint density at radius 3 is 2.63 bits per heavy atom. The van der Waals surface area contributed by atoms with Crippen molar-refractivity contribution in [3.8, 4) is 0 Å². The van der Waals surface area contributed by atoms with Crippen LogP contribution >= 0.6 is 0 Å². The van der Waals surface area contributed by atoms with Crippen LogP contribution in [0.5, 0.6) is 0 Å². The molecule has 0 aliphatic heterocycles. The fourth-order valence-corrected chi connectivity index (χ4v) is 1.65. The first kappa shape index (κ1) is 14.9. The molecule has 0 heterocycles. The third-order valence-corrected chi connectivity index (χ3v) is 2.61. The summed E-state index contributed by atoms with van der Waals surface area (Å²) in [5.74, 6) is 4.12. The van der Waals surface area contributed by atoms with Crippen molar-refractivity contribution in [1.82, 2.24) is 5.32 Å². The number of rotatable bonds is 7. The minimum atomic E-state index is -0.571. The third-order valence-electron chi connectivity index (χ3n) is 2.61. The summed E-state index contributed by atoms with van der Waals surface area (Å²) in [6.07, 6.45) is 2.60. The molecule has 0 radical (unpaired) electrons. The molecule has 0 unspecified atom stereocenters. The zero-order valence-corrected chi connectivity index (χ0v) is 10.7. The second-order valence-corrected chi connectivity index (χ2v) is 4.05. The molecule has 0 aromatic heterocycles. The van der Waals surface area contributed by atoms with Crippen molar-refractivity contribution >= 4 is 11.9 Å². The lowest BCUT2D eigenvalue weighted by molar-refractivity contribution is -0.144. The molecule has 0 spiro atoms. The molecule has 5 nitrogen and oxygen atoms in total. The molecule has 19 heavy (non-hydrogen) atoms. The van der Waals surface area contributed by atoms with Crippen LogP contribution in [0.15, 0.2) is 43.0 Å². The van der Waals surface area contributed by atoms with Crippen molar-refractivity contribution in [2.45, 2.75) is 25.3 Å². The molecular formula is C14H18N2O3. The van der Waals surface area contributed by atoms with Gasteiger partial charge in [-0.15, -0.1) is 6.58 Å². The van der Waals surface area contributed by atoms with E-state index in [4.69, 9.17) is 5.90 Å². The van der Waals surface area contributed by atoms with Gasteiger partial charge in [0, 0.05) is 6.42 Å². The number of hydrogen-bond acceptors (Lipinski definition) is 4. The highest BCUT2D eigenvalue weighted by molar-refractivity contribution is 5.78. The fourth-order valence-electron chi connectivity index (χ4n) is 1.65. The number of allylic oxidation sites excluding steroid dienone is 1. The van der Waals surface area contributed by atoms with Crippen molar-refractivity contribution in [3.63, 3.8) is 0 Å². The number of nitrogens with two attached hydrogens (primary N) is 1. The molecule has 1 atom stereocenters. The Hall–Kier alpha value is -2.14. The van der Waals surface area contributed by atoms with Gasteiger partial charge in [0.2, 0.25) is 5.91 Å². The molecule has 3 N–H and O–H groups in total. The standard InChI is InChI=1S/C14H18N2O3/c1-2-3-9-13(17)16-12(10-14(18)19-15)11-7-5-4-6-8-11/h2,4-8,12H,1,3,9-10,15H2,(H,16,17)/t12-/m0/s1. The monoisotopic (exact) mass is 262 g/mol. The quantitative estimate of drug-likeness (QED) is 0.578. The molecule has 0 fully saturated rings. The van der Waals surface area contributed by atoms with Crippen molar-refractivity contribution in [3.05, 3.63) is 48.6 Å². The zero-order valence-electron chi connectivity index (χ0n) is 10.7. The van der Waals surface area contributed by atoms with Crippen LogP contribution in [-0.2, 0) is 14.4 Å². The van der Waals surface area contributed by atoms with Gasteiger partial charge < -0.3 is 10.2 Å². The van der Waals surface area contributed by atoms with Crippen molar-refractivity contribution in [2.75, 3.05) is 0 Å². The summed E-state index contributed by atoms with van der Waals surface area (Å²) in [5, 5.41) is 2.79. The van der Waals surface area contributed by atoms with E-state index in [9.17, 15) is 9.59 Å². The summed E-state index contributed by atoms with van der Waals surface area (Å²) in [6.45, 7) is 3.56. The maximum atomic E-state index is 11.7. The number of hydrogen-bond donors (Lipinski definition) is 2. The Kier molecular flexibility index (Phi) is 6.32. The first-order valence-electron chi connectivity index (χ1n) is 6.02. The molecule has 0 aliphatic carbocycles. The van der Waals surface area contributed by atoms with E-state index >= 15 is 0 Å². The lowest BCUT2D eigenvalue weighted by atomic mass is 10.0. The van der Waals surface area contributed by atoms with E-state index in [2.05, 4.69) is 16.7 Å². The average Bonchev–Trinajstić information content (AvgIpc) is 2.45. The topological polar surface area (TPSA) is 81.4 Å². The van der Waals surface area contributed by atoms with Crippen molar-refractivity contribution in [2.24, 2.45) is 5.90 Å². The molecule has 0 saturated heterocycles. The van der Waals surface area contributed by atoms with Gasteiger partial charge >= 0.3 is 5.97 Å². The van der Waals surface area contributed by atoms with Crippen LogP contribution in [-0.4, -0.2) is 11.9 Å². The highest BCUT2D eigenvalue weighted by atomic mass is 16.7. The Labute approximate surface area is 112 Å². The number of benzene rings is 1. The summed E-state index contributed by atoms with van der Waals surface area (Å²) in [7, 11) is 0. The summed E-state index contributed by atoms with van der Waals surface area (Å²) in [4.78, 5) is 27.1. The highest BCUT2D eigenvalue weighted by Crippen LogP contribution is 2.17. The van der Waals surface area contributed by atoms with Gasteiger partial charge in [0.1, 0.15) is 0 Å². The lowest BCUT2D eigenvalue weighted by Crippen LogP contribution is -2.30. The van der Waals surface area contributed by atoms with Gasteiger partial charge in [-0.05, 0) is 12.0 Å². The average molecular weight is 262 g/mol. The third kappa shape index (κ3) is 5.35. The van der Waals surface area contributed by atoms with Crippen molar-refractivity contribution < 1.29 is 14.4 Å². The molecular weight excluding hydrogens is 244 g/mol. The lowest BCUT2D eigenvalue weighted by Gasteiger charge is -2.17. The van der Waals surface area contributed by atoms with Gasteiger partial charge in [-0.3, -0.25) is 9.59 Å². The second-order valence-electron chi connectivity index (χ2n) is 4.05. The summed E-state index contributed by atoms with van der Waals surface area (Å²) in [5.41, 5.74) is 0.833. The molecule has 0 aliphatic rings. The van der Waals surface area contributed by atoms with Crippen LogP contribution in [0.3, 0.4) is 0 Å². The van der Waals surface area contributed by atoms with Gasteiger partial charge in [0.05, 0.1) is 12.5 Å². The van der Waals surface area contributed by atoms with Gasteiger partial charge in [-0.1, -0.05) is 36.4 Å². The Bertz CT molecular complexity index is 432. The van der Waals surface area contributed by atoms with Crippen LogP contribution in [0.4, 0.5) is 0 Å². The Morgan fingerprint density at radius 1 is 1.37 bits per heavy atom. The molecule has 1 aromatic carbocycles. The van der Waals surface area contributed by atoms with Gasteiger partial charge in [0.15, 0.2) is 0 Å². The predicted octanol–water partition coefficient (Wildman–Crippen LogP) is 1.62. The molecule has 102 valence electrons. The Balaban J connectivity index is 2.72. The number of carbonyl (C=O) groups is 2. The maximum Gasteiger partial charge on any atom is 0.326 e. The first-order valence-corrected chi connectivity index (χ1v) is 6.02. The molecule has 1 rings (SSSR count).